The summed E-state index contributed by atoms with van der Waals surface area (Å²) in [4.78, 5) is 15.7. The van der Waals surface area contributed by atoms with Gasteiger partial charge in [0.1, 0.15) is 16.3 Å². The molecule has 0 amide bonds. The lowest BCUT2D eigenvalue weighted by molar-refractivity contribution is 0.0685. The minimum atomic E-state index is -4.44. The zero-order valence-corrected chi connectivity index (χ0v) is 10.4. The summed E-state index contributed by atoms with van der Waals surface area (Å²) in [5.74, 6) is -5.15. The molecule has 106 valence electrons. The third-order valence-electron chi connectivity index (χ3n) is 2.29. The van der Waals surface area contributed by atoms with Crippen LogP contribution in [0.1, 0.15) is 10.4 Å². The number of anilines is 1. The van der Waals surface area contributed by atoms with Gasteiger partial charge in [-0.15, -0.1) is 0 Å². The molecule has 0 fully saturated rings. The molecule has 0 spiro atoms. The van der Waals surface area contributed by atoms with Crippen LogP contribution >= 0.6 is 0 Å². The van der Waals surface area contributed by atoms with Crippen LogP contribution < -0.4 is 4.72 Å². The molecule has 0 aliphatic rings. The third-order valence-corrected chi connectivity index (χ3v) is 3.64. The second-order valence-electron chi connectivity index (χ2n) is 3.58. The zero-order valence-electron chi connectivity index (χ0n) is 9.59. The Bertz CT molecular complexity index is 759. The van der Waals surface area contributed by atoms with E-state index < -0.39 is 38.1 Å². The second kappa shape index (κ2) is 4.89. The van der Waals surface area contributed by atoms with Gasteiger partial charge >= 0.3 is 5.97 Å². The topological polar surface area (TPSA) is 112 Å². The lowest BCUT2D eigenvalue weighted by atomic mass is 10.2. The van der Waals surface area contributed by atoms with Gasteiger partial charge in [-0.25, -0.2) is 31.7 Å². The summed E-state index contributed by atoms with van der Waals surface area (Å²) < 4.78 is 52.7. The van der Waals surface area contributed by atoms with Crippen molar-refractivity contribution in [3.8, 4) is 0 Å². The largest absolute Gasteiger partial charge is 0.477 e. The van der Waals surface area contributed by atoms with Gasteiger partial charge in [0.05, 0.1) is 0 Å². The number of H-pyrrole nitrogens is 1. The maximum atomic E-state index is 13.8. The highest BCUT2D eigenvalue weighted by Crippen LogP contribution is 2.22. The number of carboxylic acid groups (broad SMARTS) is 1. The van der Waals surface area contributed by atoms with Crippen molar-refractivity contribution >= 4 is 21.9 Å². The van der Waals surface area contributed by atoms with Crippen LogP contribution in [0.4, 0.5) is 14.7 Å². The second-order valence-corrected chi connectivity index (χ2v) is 5.23. The lowest BCUT2D eigenvalue weighted by Crippen LogP contribution is -2.18. The number of nitrogens with one attached hydrogen (secondary N) is 2. The number of imidazole rings is 1. The smallest absolute Gasteiger partial charge is 0.341 e. The number of hydrogen-bond acceptors (Lipinski definition) is 4. The molecule has 0 unspecified atom stereocenters. The Morgan fingerprint density at radius 1 is 1.35 bits per heavy atom. The van der Waals surface area contributed by atoms with E-state index in [2.05, 4.69) is 9.97 Å². The monoisotopic (exact) mass is 303 g/mol. The highest BCUT2D eigenvalue weighted by molar-refractivity contribution is 7.92. The molecule has 7 nitrogen and oxygen atoms in total. The van der Waals surface area contributed by atoms with Crippen molar-refractivity contribution in [3.05, 3.63) is 41.7 Å². The van der Waals surface area contributed by atoms with E-state index in [-0.39, 0.29) is 5.95 Å². The summed E-state index contributed by atoms with van der Waals surface area (Å²) in [5, 5.41) is 8.68. The summed E-state index contributed by atoms with van der Waals surface area (Å²) in [5.41, 5.74) is -1.34. The molecule has 0 saturated carbocycles. The predicted molar refractivity (Wildman–Crippen MR) is 62.7 cm³/mol. The first-order valence-electron chi connectivity index (χ1n) is 5.06. The average Bonchev–Trinajstić information content (AvgIpc) is 2.79. The van der Waals surface area contributed by atoms with Crippen molar-refractivity contribution in [1.29, 1.82) is 0 Å². The Balaban J connectivity index is 2.53. The molecular formula is C10H7F2N3O4S. The summed E-state index contributed by atoms with van der Waals surface area (Å²) in [6, 6.07) is 1.19. The summed E-state index contributed by atoms with van der Waals surface area (Å²) >= 11 is 0. The van der Waals surface area contributed by atoms with E-state index >= 15 is 0 Å². The molecule has 0 aliphatic carbocycles. The zero-order chi connectivity index (χ0) is 14.9. The van der Waals surface area contributed by atoms with E-state index in [1.807, 2.05) is 4.72 Å². The van der Waals surface area contributed by atoms with Gasteiger partial charge in [0.25, 0.3) is 10.0 Å². The number of carboxylic acids is 1. The number of carbonyl (C=O) groups is 1. The predicted octanol–water partition coefficient (Wildman–Crippen LogP) is 1.19. The molecule has 0 saturated heterocycles. The average molecular weight is 303 g/mol. The SMILES string of the molecule is O=C(O)c1c(F)ccc(S(=O)(=O)Nc2ncc[nH]2)c1F. The van der Waals surface area contributed by atoms with Gasteiger partial charge in [-0.1, -0.05) is 0 Å². The molecule has 3 N–H and O–H groups in total. The molecule has 20 heavy (non-hydrogen) atoms. The molecule has 1 heterocycles. The van der Waals surface area contributed by atoms with Gasteiger partial charge in [-0.3, -0.25) is 0 Å². The van der Waals surface area contributed by atoms with Crippen LogP contribution in [0.25, 0.3) is 0 Å². The normalized spacial score (nSPS) is 11.3. The molecule has 2 aromatic rings. The standard InChI is InChI=1S/C10H7F2N3O4S/c11-5-1-2-6(8(12)7(5)9(16)17)20(18,19)15-10-13-3-4-14-10/h1-4H,(H,16,17)(H2,13,14,15). The van der Waals surface area contributed by atoms with Crippen LogP contribution in [-0.2, 0) is 10.0 Å². The summed E-state index contributed by atoms with van der Waals surface area (Å²) in [6.07, 6.45) is 2.57. The summed E-state index contributed by atoms with van der Waals surface area (Å²) in [7, 11) is -4.44. The van der Waals surface area contributed by atoms with Gasteiger partial charge in [0.15, 0.2) is 5.82 Å². The van der Waals surface area contributed by atoms with Crippen LogP contribution in [0, 0.1) is 11.6 Å². The fourth-order valence-electron chi connectivity index (χ4n) is 1.44. The Hall–Kier alpha value is -2.49. The number of aromatic amines is 1. The van der Waals surface area contributed by atoms with E-state index in [1.165, 1.54) is 12.4 Å². The Labute approximate surface area is 111 Å². The Morgan fingerprint density at radius 3 is 2.60 bits per heavy atom. The number of nitrogens with zero attached hydrogens (tertiary/aromatic N) is 1. The first-order chi connectivity index (χ1) is 9.33. The highest BCUT2D eigenvalue weighted by Gasteiger charge is 2.27. The molecule has 0 bridgehead atoms. The highest BCUT2D eigenvalue weighted by atomic mass is 32.2. The van der Waals surface area contributed by atoms with Crippen molar-refractivity contribution < 1.29 is 27.1 Å². The van der Waals surface area contributed by atoms with Crippen molar-refractivity contribution in [2.45, 2.75) is 4.90 Å². The van der Waals surface area contributed by atoms with Crippen molar-refractivity contribution in [2.24, 2.45) is 0 Å². The number of halogens is 2. The van der Waals surface area contributed by atoms with E-state index in [9.17, 15) is 22.0 Å². The third kappa shape index (κ3) is 2.45. The van der Waals surface area contributed by atoms with Gasteiger partial charge in [-0.2, -0.15) is 0 Å². The van der Waals surface area contributed by atoms with Crippen molar-refractivity contribution in [1.82, 2.24) is 9.97 Å². The van der Waals surface area contributed by atoms with Crippen LogP contribution in [-0.4, -0.2) is 29.5 Å². The molecular weight excluding hydrogens is 296 g/mol. The first kappa shape index (κ1) is 13.9. The fraction of sp³-hybridized carbons (Fsp3) is 0. The van der Waals surface area contributed by atoms with E-state index in [0.29, 0.717) is 12.1 Å². The van der Waals surface area contributed by atoms with Crippen LogP contribution in [0.3, 0.4) is 0 Å². The van der Waals surface area contributed by atoms with Gasteiger partial charge in [0, 0.05) is 12.4 Å². The minimum absolute atomic E-state index is 0.189. The van der Waals surface area contributed by atoms with Gasteiger partial charge < -0.3 is 10.1 Å². The maximum absolute atomic E-state index is 13.8. The van der Waals surface area contributed by atoms with E-state index in [1.54, 1.807) is 0 Å². The molecule has 1 aromatic heterocycles. The lowest BCUT2D eigenvalue weighted by Gasteiger charge is -2.08. The molecule has 0 radical (unpaired) electrons. The van der Waals surface area contributed by atoms with Crippen LogP contribution in [0.2, 0.25) is 0 Å². The quantitative estimate of drug-likeness (QED) is 0.785. The minimum Gasteiger partial charge on any atom is -0.477 e. The molecule has 0 aliphatic heterocycles. The number of benzene rings is 1. The number of sulfonamides is 1. The number of aromatic nitrogens is 2. The Kier molecular flexibility index (Phi) is 3.40. The number of aromatic carboxylic acids is 1. The molecule has 2 rings (SSSR count). The van der Waals surface area contributed by atoms with E-state index in [0.717, 1.165) is 0 Å². The maximum Gasteiger partial charge on any atom is 0.341 e. The van der Waals surface area contributed by atoms with Crippen molar-refractivity contribution in [3.63, 3.8) is 0 Å². The van der Waals surface area contributed by atoms with Crippen molar-refractivity contribution in [2.75, 3.05) is 4.72 Å². The molecule has 10 heteroatoms. The molecule has 0 atom stereocenters. The number of hydrogen-bond donors (Lipinski definition) is 3. The van der Waals surface area contributed by atoms with Crippen LogP contribution in [0.5, 0.6) is 0 Å². The van der Waals surface area contributed by atoms with Crippen LogP contribution in [0.15, 0.2) is 29.4 Å². The number of rotatable bonds is 4. The Morgan fingerprint density at radius 2 is 2.05 bits per heavy atom. The fourth-order valence-corrected chi connectivity index (χ4v) is 2.50. The molecule has 1 aromatic carbocycles. The van der Waals surface area contributed by atoms with Gasteiger partial charge in [-0.05, 0) is 12.1 Å². The van der Waals surface area contributed by atoms with Gasteiger partial charge in [0.2, 0.25) is 5.95 Å². The van der Waals surface area contributed by atoms with E-state index in [4.69, 9.17) is 5.11 Å². The first-order valence-corrected chi connectivity index (χ1v) is 6.54. The summed E-state index contributed by atoms with van der Waals surface area (Å²) in [6.45, 7) is 0.